The van der Waals surface area contributed by atoms with Gasteiger partial charge in [0.05, 0.1) is 7.11 Å². The number of likely N-dealkylation sites (tertiary alicyclic amines) is 1. The number of amides is 2. The van der Waals surface area contributed by atoms with E-state index in [1.165, 1.54) is 0 Å². The van der Waals surface area contributed by atoms with Crippen LogP contribution in [-0.4, -0.2) is 43.0 Å². The maximum Gasteiger partial charge on any atom is 0.251 e. The van der Waals surface area contributed by atoms with Gasteiger partial charge in [-0.05, 0) is 61.2 Å². The zero-order valence-electron chi connectivity index (χ0n) is 16.0. The van der Waals surface area contributed by atoms with E-state index in [0.29, 0.717) is 36.5 Å². The van der Waals surface area contributed by atoms with Crippen LogP contribution in [0, 0.1) is 0 Å². The fourth-order valence-electron chi connectivity index (χ4n) is 3.34. The highest BCUT2D eigenvalue weighted by Crippen LogP contribution is 2.16. The van der Waals surface area contributed by atoms with Crippen LogP contribution in [0.25, 0.3) is 0 Å². The third kappa shape index (κ3) is 5.49. The lowest BCUT2D eigenvalue weighted by molar-refractivity contribution is -0.132. The molecule has 0 aliphatic carbocycles. The van der Waals surface area contributed by atoms with Gasteiger partial charge in [-0.2, -0.15) is 0 Å². The lowest BCUT2D eigenvalue weighted by Gasteiger charge is -2.32. The number of piperidine rings is 1. The van der Waals surface area contributed by atoms with Crippen molar-refractivity contribution < 1.29 is 14.3 Å². The standard InChI is InChI=1S/C22H25ClN2O3/c1-28-20-9-5-17(6-10-20)22(27)24-19-12-14-25(15-13-19)21(26)11-4-16-2-7-18(23)8-3-16/h2-3,5-10,19H,4,11-15H2,1H3,(H,24,27). The molecule has 1 saturated heterocycles. The van der Waals surface area contributed by atoms with E-state index in [9.17, 15) is 9.59 Å². The Morgan fingerprint density at radius 1 is 1.07 bits per heavy atom. The molecule has 1 aliphatic rings. The minimum absolute atomic E-state index is 0.0878. The Bertz CT molecular complexity index is 798. The zero-order chi connectivity index (χ0) is 19.9. The van der Waals surface area contributed by atoms with Crippen LogP contribution in [0.2, 0.25) is 5.02 Å². The molecule has 0 unspecified atom stereocenters. The highest BCUT2D eigenvalue weighted by atomic mass is 35.5. The summed E-state index contributed by atoms with van der Waals surface area (Å²) in [6.45, 7) is 1.35. The maximum atomic E-state index is 12.4. The van der Waals surface area contributed by atoms with E-state index in [-0.39, 0.29) is 17.9 Å². The Kier molecular flexibility index (Phi) is 6.93. The van der Waals surface area contributed by atoms with Crippen LogP contribution in [0.15, 0.2) is 48.5 Å². The molecule has 0 saturated carbocycles. The molecule has 0 bridgehead atoms. The van der Waals surface area contributed by atoms with Gasteiger partial charge in [0.1, 0.15) is 5.75 Å². The van der Waals surface area contributed by atoms with Crippen molar-refractivity contribution in [1.82, 2.24) is 10.2 Å². The third-order valence-electron chi connectivity index (χ3n) is 5.08. The normalized spacial score (nSPS) is 14.6. The number of carbonyl (C=O) groups is 2. The number of hydrogen-bond donors (Lipinski definition) is 1. The second-order valence-electron chi connectivity index (χ2n) is 6.98. The largest absolute Gasteiger partial charge is 0.497 e. The monoisotopic (exact) mass is 400 g/mol. The molecule has 1 N–H and O–H groups in total. The smallest absolute Gasteiger partial charge is 0.251 e. The first-order valence-corrected chi connectivity index (χ1v) is 9.90. The molecule has 0 atom stereocenters. The summed E-state index contributed by atoms with van der Waals surface area (Å²) in [5.74, 6) is 0.798. The van der Waals surface area contributed by atoms with Gasteiger partial charge in [0.25, 0.3) is 5.91 Å². The van der Waals surface area contributed by atoms with Crippen molar-refractivity contribution in [3.8, 4) is 5.75 Å². The van der Waals surface area contributed by atoms with Gasteiger partial charge in [-0.15, -0.1) is 0 Å². The molecule has 1 fully saturated rings. The lowest BCUT2D eigenvalue weighted by Crippen LogP contribution is -2.46. The van der Waals surface area contributed by atoms with Gasteiger partial charge < -0.3 is 15.0 Å². The average Bonchev–Trinajstić information content (AvgIpc) is 2.73. The number of methoxy groups -OCH3 is 1. The summed E-state index contributed by atoms with van der Waals surface area (Å²) in [4.78, 5) is 26.7. The SMILES string of the molecule is COc1ccc(C(=O)NC2CCN(C(=O)CCc3ccc(Cl)cc3)CC2)cc1. The maximum absolute atomic E-state index is 12.4. The molecule has 2 amide bonds. The van der Waals surface area contributed by atoms with Crippen LogP contribution in [0.4, 0.5) is 0 Å². The van der Waals surface area contributed by atoms with Crippen molar-refractivity contribution in [2.45, 2.75) is 31.7 Å². The molecule has 2 aromatic carbocycles. The molecule has 148 valence electrons. The first kappa shape index (κ1) is 20.2. The summed E-state index contributed by atoms with van der Waals surface area (Å²) in [7, 11) is 1.60. The topological polar surface area (TPSA) is 58.6 Å². The number of ether oxygens (including phenoxy) is 1. The zero-order valence-corrected chi connectivity index (χ0v) is 16.7. The summed E-state index contributed by atoms with van der Waals surface area (Å²) < 4.78 is 5.11. The number of halogens is 1. The number of carbonyl (C=O) groups excluding carboxylic acids is 2. The number of hydrogen-bond acceptors (Lipinski definition) is 3. The van der Waals surface area contributed by atoms with Crippen LogP contribution in [0.3, 0.4) is 0 Å². The minimum Gasteiger partial charge on any atom is -0.497 e. The van der Waals surface area contributed by atoms with Gasteiger partial charge in [-0.25, -0.2) is 0 Å². The van der Waals surface area contributed by atoms with Gasteiger partial charge in [-0.1, -0.05) is 23.7 Å². The van der Waals surface area contributed by atoms with Gasteiger partial charge in [0.15, 0.2) is 0 Å². The highest BCUT2D eigenvalue weighted by molar-refractivity contribution is 6.30. The molecule has 0 radical (unpaired) electrons. The Morgan fingerprint density at radius 2 is 1.71 bits per heavy atom. The van der Waals surface area contributed by atoms with E-state index >= 15 is 0 Å². The molecule has 1 aliphatic heterocycles. The van der Waals surface area contributed by atoms with E-state index in [4.69, 9.17) is 16.3 Å². The molecule has 0 spiro atoms. The molecule has 28 heavy (non-hydrogen) atoms. The van der Waals surface area contributed by atoms with Crippen molar-refractivity contribution in [2.24, 2.45) is 0 Å². The number of nitrogens with one attached hydrogen (secondary N) is 1. The third-order valence-corrected chi connectivity index (χ3v) is 5.33. The number of nitrogens with zero attached hydrogens (tertiary/aromatic N) is 1. The molecular weight excluding hydrogens is 376 g/mol. The molecule has 5 nitrogen and oxygen atoms in total. The van der Waals surface area contributed by atoms with E-state index in [1.54, 1.807) is 31.4 Å². The van der Waals surface area contributed by atoms with Crippen molar-refractivity contribution in [1.29, 1.82) is 0 Å². The van der Waals surface area contributed by atoms with Crippen molar-refractivity contribution in [3.05, 3.63) is 64.7 Å². The summed E-state index contributed by atoms with van der Waals surface area (Å²) in [5.41, 5.74) is 1.72. The predicted molar refractivity (Wildman–Crippen MR) is 110 cm³/mol. The second kappa shape index (κ2) is 9.60. The highest BCUT2D eigenvalue weighted by Gasteiger charge is 2.24. The summed E-state index contributed by atoms with van der Waals surface area (Å²) in [6.07, 6.45) is 2.75. The van der Waals surface area contributed by atoms with Crippen LogP contribution in [0.1, 0.15) is 35.2 Å². The fourth-order valence-corrected chi connectivity index (χ4v) is 3.47. The van der Waals surface area contributed by atoms with Gasteiger partial charge in [0, 0.05) is 36.1 Å². The first-order chi connectivity index (χ1) is 13.5. The quantitative estimate of drug-likeness (QED) is 0.804. The second-order valence-corrected chi connectivity index (χ2v) is 7.42. The Morgan fingerprint density at radius 3 is 2.32 bits per heavy atom. The molecule has 6 heteroatoms. The first-order valence-electron chi connectivity index (χ1n) is 9.52. The fraction of sp³-hybridized carbons (Fsp3) is 0.364. The Balaban J connectivity index is 1.42. The molecule has 0 aromatic heterocycles. The number of aryl methyl sites for hydroxylation is 1. The number of benzene rings is 2. The average molecular weight is 401 g/mol. The van der Waals surface area contributed by atoms with Gasteiger partial charge in [0.2, 0.25) is 5.91 Å². The van der Waals surface area contributed by atoms with Gasteiger partial charge in [-0.3, -0.25) is 9.59 Å². The van der Waals surface area contributed by atoms with E-state index in [2.05, 4.69) is 5.32 Å². The van der Waals surface area contributed by atoms with Crippen molar-refractivity contribution in [2.75, 3.05) is 20.2 Å². The van der Waals surface area contributed by atoms with Crippen LogP contribution in [0.5, 0.6) is 5.75 Å². The van der Waals surface area contributed by atoms with E-state index in [0.717, 1.165) is 24.2 Å². The van der Waals surface area contributed by atoms with Crippen LogP contribution in [-0.2, 0) is 11.2 Å². The summed E-state index contributed by atoms with van der Waals surface area (Å²) >= 11 is 5.89. The van der Waals surface area contributed by atoms with E-state index in [1.807, 2.05) is 29.2 Å². The number of rotatable bonds is 6. The van der Waals surface area contributed by atoms with Gasteiger partial charge >= 0.3 is 0 Å². The van der Waals surface area contributed by atoms with Crippen molar-refractivity contribution in [3.63, 3.8) is 0 Å². The lowest BCUT2D eigenvalue weighted by atomic mass is 10.0. The molecule has 3 rings (SSSR count). The molecule has 1 heterocycles. The summed E-state index contributed by atoms with van der Waals surface area (Å²) in [6, 6.07) is 14.7. The Labute approximate surface area is 170 Å². The van der Waals surface area contributed by atoms with Crippen LogP contribution >= 0.6 is 11.6 Å². The molecular formula is C22H25ClN2O3. The Hall–Kier alpha value is -2.53. The van der Waals surface area contributed by atoms with Crippen LogP contribution < -0.4 is 10.1 Å². The summed E-state index contributed by atoms with van der Waals surface area (Å²) in [5, 5.41) is 3.77. The molecule has 2 aromatic rings. The minimum atomic E-state index is -0.0878. The predicted octanol–water partition coefficient (Wildman–Crippen LogP) is 3.70. The van der Waals surface area contributed by atoms with Crippen molar-refractivity contribution >= 4 is 23.4 Å². The van der Waals surface area contributed by atoms with E-state index < -0.39 is 0 Å².